The maximum atomic E-state index is 12.4. The number of anilines is 1. The first kappa shape index (κ1) is 13.6. The summed E-state index contributed by atoms with van der Waals surface area (Å²) in [5.41, 5.74) is 3.11. The van der Waals surface area contributed by atoms with Crippen molar-refractivity contribution in [2.24, 2.45) is 7.05 Å². The summed E-state index contributed by atoms with van der Waals surface area (Å²) in [6, 6.07) is 12.1. The molecule has 0 aliphatic carbocycles. The second kappa shape index (κ2) is 4.89. The van der Waals surface area contributed by atoms with E-state index in [1.54, 1.807) is 36.7 Å². The molecule has 0 saturated heterocycles. The van der Waals surface area contributed by atoms with Crippen molar-refractivity contribution >= 4 is 26.7 Å². The number of imidazole rings is 1. The summed E-state index contributed by atoms with van der Waals surface area (Å²) in [5, 5.41) is 0. The molecule has 1 heterocycles. The topological polar surface area (TPSA) is 64.0 Å². The molecule has 3 aromatic rings. The van der Waals surface area contributed by atoms with Gasteiger partial charge in [-0.3, -0.25) is 4.72 Å². The summed E-state index contributed by atoms with van der Waals surface area (Å²) >= 11 is 0. The molecule has 108 valence electrons. The van der Waals surface area contributed by atoms with Gasteiger partial charge in [0.25, 0.3) is 10.0 Å². The van der Waals surface area contributed by atoms with Gasteiger partial charge in [-0.1, -0.05) is 12.1 Å². The van der Waals surface area contributed by atoms with E-state index in [4.69, 9.17) is 0 Å². The van der Waals surface area contributed by atoms with Gasteiger partial charge in [-0.05, 0) is 42.8 Å². The Labute approximate surface area is 123 Å². The standard InChI is InChI=1S/C15H15N3O2S/c1-11-4-3-5-13(8-11)21(19,20)17-12-6-7-15-14(9-12)16-10-18(15)2/h3-10,17H,1-2H3. The lowest BCUT2D eigenvalue weighted by atomic mass is 10.2. The SMILES string of the molecule is Cc1cccc(S(=O)(=O)Nc2ccc3c(c2)ncn3C)c1. The molecule has 0 unspecified atom stereocenters. The van der Waals surface area contributed by atoms with Crippen LogP contribution >= 0.6 is 0 Å². The lowest BCUT2D eigenvalue weighted by Crippen LogP contribution is -2.13. The minimum Gasteiger partial charge on any atom is -0.334 e. The molecule has 0 saturated carbocycles. The Hall–Kier alpha value is -2.34. The van der Waals surface area contributed by atoms with Crippen LogP contribution in [0.1, 0.15) is 5.56 Å². The zero-order valence-corrected chi connectivity index (χ0v) is 12.6. The number of rotatable bonds is 3. The van der Waals surface area contributed by atoms with Gasteiger partial charge in [-0.15, -0.1) is 0 Å². The summed E-state index contributed by atoms with van der Waals surface area (Å²) in [4.78, 5) is 4.48. The summed E-state index contributed by atoms with van der Waals surface area (Å²) in [6.45, 7) is 1.86. The fourth-order valence-corrected chi connectivity index (χ4v) is 3.35. The highest BCUT2D eigenvalue weighted by Crippen LogP contribution is 2.21. The normalized spacial score (nSPS) is 11.7. The zero-order valence-electron chi connectivity index (χ0n) is 11.7. The zero-order chi connectivity index (χ0) is 15.0. The Morgan fingerprint density at radius 2 is 1.95 bits per heavy atom. The largest absolute Gasteiger partial charge is 0.334 e. The number of sulfonamides is 1. The third-order valence-corrected chi connectivity index (χ3v) is 4.66. The summed E-state index contributed by atoms with van der Waals surface area (Å²) < 4.78 is 29.2. The van der Waals surface area contributed by atoms with Gasteiger partial charge in [0, 0.05) is 7.05 Å². The molecule has 2 aromatic carbocycles. The summed E-state index contributed by atoms with van der Waals surface area (Å²) in [5.74, 6) is 0. The van der Waals surface area contributed by atoms with Crippen LogP contribution in [-0.2, 0) is 17.1 Å². The molecule has 0 spiro atoms. The van der Waals surface area contributed by atoms with Gasteiger partial charge < -0.3 is 4.57 Å². The molecule has 1 N–H and O–H groups in total. The highest BCUT2D eigenvalue weighted by Gasteiger charge is 2.14. The van der Waals surface area contributed by atoms with Gasteiger partial charge >= 0.3 is 0 Å². The maximum absolute atomic E-state index is 12.4. The number of aromatic nitrogens is 2. The maximum Gasteiger partial charge on any atom is 0.261 e. The quantitative estimate of drug-likeness (QED) is 0.809. The molecule has 0 aliphatic rings. The van der Waals surface area contributed by atoms with E-state index in [2.05, 4.69) is 9.71 Å². The fourth-order valence-electron chi connectivity index (χ4n) is 2.20. The summed E-state index contributed by atoms with van der Waals surface area (Å²) in [7, 11) is -1.69. The van der Waals surface area contributed by atoms with Crippen LogP contribution in [0.2, 0.25) is 0 Å². The number of fused-ring (bicyclic) bond motifs is 1. The van der Waals surface area contributed by atoms with Crippen LogP contribution in [0.3, 0.4) is 0 Å². The van der Waals surface area contributed by atoms with Crippen molar-refractivity contribution < 1.29 is 8.42 Å². The first-order valence-electron chi connectivity index (χ1n) is 6.46. The van der Waals surface area contributed by atoms with Crippen LogP contribution < -0.4 is 4.72 Å². The lowest BCUT2D eigenvalue weighted by Gasteiger charge is -2.08. The van der Waals surface area contributed by atoms with Crippen molar-refractivity contribution in [1.82, 2.24) is 9.55 Å². The molecule has 6 heteroatoms. The van der Waals surface area contributed by atoms with E-state index < -0.39 is 10.0 Å². The Morgan fingerprint density at radius 1 is 1.14 bits per heavy atom. The van der Waals surface area contributed by atoms with Crippen molar-refractivity contribution in [3.8, 4) is 0 Å². The number of aryl methyl sites for hydroxylation is 2. The molecule has 21 heavy (non-hydrogen) atoms. The number of nitrogens with zero attached hydrogens (tertiary/aromatic N) is 2. The third-order valence-electron chi connectivity index (χ3n) is 3.28. The monoisotopic (exact) mass is 301 g/mol. The highest BCUT2D eigenvalue weighted by atomic mass is 32.2. The van der Waals surface area contributed by atoms with Crippen LogP contribution in [0.5, 0.6) is 0 Å². The van der Waals surface area contributed by atoms with E-state index in [9.17, 15) is 8.42 Å². The van der Waals surface area contributed by atoms with E-state index in [0.717, 1.165) is 16.6 Å². The van der Waals surface area contributed by atoms with Gasteiger partial charge in [-0.25, -0.2) is 13.4 Å². The molecule has 5 nitrogen and oxygen atoms in total. The number of nitrogens with one attached hydrogen (secondary N) is 1. The predicted octanol–water partition coefficient (Wildman–Crippen LogP) is 2.68. The lowest BCUT2D eigenvalue weighted by molar-refractivity contribution is 0.601. The Morgan fingerprint density at radius 3 is 2.71 bits per heavy atom. The molecule has 0 bridgehead atoms. The minimum atomic E-state index is -3.58. The van der Waals surface area contributed by atoms with Crippen LogP contribution in [0.25, 0.3) is 11.0 Å². The van der Waals surface area contributed by atoms with Gasteiger partial charge in [0.05, 0.1) is 27.9 Å². The number of hydrogen-bond acceptors (Lipinski definition) is 3. The molecule has 0 aliphatic heterocycles. The molecule has 0 atom stereocenters. The average Bonchev–Trinajstić information content (AvgIpc) is 2.79. The Bertz CT molecular complexity index is 914. The number of benzene rings is 2. The molecule has 3 rings (SSSR count). The van der Waals surface area contributed by atoms with Gasteiger partial charge in [-0.2, -0.15) is 0 Å². The third kappa shape index (κ3) is 2.62. The smallest absolute Gasteiger partial charge is 0.261 e. The second-order valence-electron chi connectivity index (χ2n) is 4.98. The van der Waals surface area contributed by atoms with E-state index in [1.165, 1.54) is 0 Å². The van der Waals surface area contributed by atoms with E-state index in [-0.39, 0.29) is 4.90 Å². The van der Waals surface area contributed by atoms with Crippen molar-refractivity contribution in [1.29, 1.82) is 0 Å². The van der Waals surface area contributed by atoms with E-state index >= 15 is 0 Å². The first-order valence-corrected chi connectivity index (χ1v) is 7.94. The molecular formula is C15H15N3O2S. The van der Waals surface area contributed by atoms with E-state index in [1.807, 2.05) is 30.7 Å². The average molecular weight is 301 g/mol. The van der Waals surface area contributed by atoms with Gasteiger partial charge in [0.2, 0.25) is 0 Å². The fraction of sp³-hybridized carbons (Fsp3) is 0.133. The van der Waals surface area contributed by atoms with Crippen LogP contribution in [0.15, 0.2) is 53.7 Å². The summed E-state index contributed by atoms with van der Waals surface area (Å²) in [6.07, 6.45) is 1.70. The Kier molecular flexibility index (Phi) is 3.17. The molecular weight excluding hydrogens is 286 g/mol. The van der Waals surface area contributed by atoms with Crippen molar-refractivity contribution in [3.63, 3.8) is 0 Å². The molecule has 0 radical (unpaired) electrons. The van der Waals surface area contributed by atoms with Crippen LogP contribution in [0.4, 0.5) is 5.69 Å². The molecule has 0 fully saturated rings. The highest BCUT2D eigenvalue weighted by molar-refractivity contribution is 7.92. The van der Waals surface area contributed by atoms with Crippen molar-refractivity contribution in [3.05, 3.63) is 54.4 Å². The minimum absolute atomic E-state index is 0.253. The van der Waals surface area contributed by atoms with Crippen molar-refractivity contribution in [2.45, 2.75) is 11.8 Å². The predicted molar refractivity (Wildman–Crippen MR) is 82.7 cm³/mol. The van der Waals surface area contributed by atoms with Crippen LogP contribution in [-0.4, -0.2) is 18.0 Å². The molecule has 0 amide bonds. The van der Waals surface area contributed by atoms with Gasteiger partial charge in [0.15, 0.2) is 0 Å². The van der Waals surface area contributed by atoms with Gasteiger partial charge in [0.1, 0.15) is 0 Å². The molecule has 1 aromatic heterocycles. The second-order valence-corrected chi connectivity index (χ2v) is 6.66. The Balaban J connectivity index is 1.97. The van der Waals surface area contributed by atoms with Crippen molar-refractivity contribution in [2.75, 3.05) is 4.72 Å². The van der Waals surface area contributed by atoms with Crippen LogP contribution in [0, 0.1) is 6.92 Å². The number of hydrogen-bond donors (Lipinski definition) is 1. The first-order chi connectivity index (χ1) is 9.95. The van der Waals surface area contributed by atoms with E-state index in [0.29, 0.717) is 5.69 Å².